The molecule has 0 fully saturated rings. The fourth-order valence-corrected chi connectivity index (χ4v) is 3.37. The summed E-state index contributed by atoms with van der Waals surface area (Å²) >= 11 is 0. The third-order valence-electron chi connectivity index (χ3n) is 4.70. The first-order valence-electron chi connectivity index (χ1n) is 7.51. The molecule has 3 rings (SSSR count). The Morgan fingerprint density at radius 2 is 2.00 bits per heavy atom. The zero-order chi connectivity index (χ0) is 15.2. The molecule has 0 saturated heterocycles. The molecule has 1 atom stereocenters. The van der Waals surface area contributed by atoms with Crippen LogP contribution in [0.25, 0.3) is 10.9 Å². The van der Waals surface area contributed by atoms with Gasteiger partial charge in [0.05, 0.1) is 11.1 Å². The van der Waals surface area contributed by atoms with Crippen molar-refractivity contribution in [2.45, 2.75) is 40.0 Å². The lowest BCUT2D eigenvalue weighted by atomic mass is 9.70. The molecule has 1 aliphatic carbocycles. The average molecular weight is 283 g/mol. The van der Waals surface area contributed by atoms with Crippen LogP contribution in [0.15, 0.2) is 24.3 Å². The SMILES string of the molecule is CC(C)(C)[C@@H]1CCc2nc3ccccc3c(C(=O)O)c2C1. The number of pyridine rings is 1. The summed E-state index contributed by atoms with van der Waals surface area (Å²) in [6, 6.07) is 7.56. The molecule has 0 aliphatic heterocycles. The van der Waals surface area contributed by atoms with E-state index in [0.717, 1.165) is 41.4 Å². The third kappa shape index (κ3) is 2.41. The molecule has 1 aromatic carbocycles. The number of fused-ring (bicyclic) bond motifs is 2. The Morgan fingerprint density at radius 1 is 1.29 bits per heavy atom. The fourth-order valence-electron chi connectivity index (χ4n) is 3.37. The minimum absolute atomic E-state index is 0.194. The van der Waals surface area contributed by atoms with E-state index in [1.807, 2.05) is 24.3 Å². The second-order valence-electron chi connectivity index (χ2n) is 7.04. The van der Waals surface area contributed by atoms with Crippen molar-refractivity contribution in [1.82, 2.24) is 4.98 Å². The fraction of sp³-hybridized carbons (Fsp3) is 0.444. The van der Waals surface area contributed by atoms with Crippen molar-refractivity contribution < 1.29 is 9.90 Å². The highest BCUT2D eigenvalue weighted by Gasteiger charge is 2.32. The van der Waals surface area contributed by atoms with E-state index in [9.17, 15) is 9.90 Å². The van der Waals surface area contributed by atoms with Gasteiger partial charge < -0.3 is 5.11 Å². The first kappa shape index (κ1) is 14.1. The van der Waals surface area contributed by atoms with Crippen LogP contribution in [-0.2, 0) is 12.8 Å². The van der Waals surface area contributed by atoms with Gasteiger partial charge >= 0.3 is 5.97 Å². The zero-order valence-electron chi connectivity index (χ0n) is 12.8. The number of para-hydroxylation sites is 1. The highest BCUT2D eigenvalue weighted by Crippen LogP contribution is 2.39. The second kappa shape index (κ2) is 4.83. The molecule has 1 heterocycles. The van der Waals surface area contributed by atoms with Gasteiger partial charge in [-0.25, -0.2) is 4.79 Å². The molecule has 1 N–H and O–H groups in total. The number of aryl methyl sites for hydroxylation is 1. The van der Waals surface area contributed by atoms with Crippen LogP contribution in [0, 0.1) is 11.3 Å². The average Bonchev–Trinajstić information content (AvgIpc) is 2.42. The maximum absolute atomic E-state index is 11.8. The molecule has 110 valence electrons. The normalized spacial score (nSPS) is 18.5. The first-order chi connectivity index (χ1) is 9.88. The molecule has 0 radical (unpaired) electrons. The number of carboxylic acids is 1. The van der Waals surface area contributed by atoms with Gasteiger partial charge in [-0.15, -0.1) is 0 Å². The van der Waals surface area contributed by atoms with Gasteiger partial charge in [-0.2, -0.15) is 0 Å². The predicted molar refractivity (Wildman–Crippen MR) is 83.7 cm³/mol. The summed E-state index contributed by atoms with van der Waals surface area (Å²) in [5.74, 6) is -0.328. The Kier molecular flexibility index (Phi) is 3.23. The second-order valence-corrected chi connectivity index (χ2v) is 7.04. The predicted octanol–water partition coefficient (Wildman–Crippen LogP) is 4.08. The Balaban J connectivity index is 2.22. The molecule has 21 heavy (non-hydrogen) atoms. The first-order valence-corrected chi connectivity index (χ1v) is 7.51. The van der Waals surface area contributed by atoms with Crippen molar-refractivity contribution >= 4 is 16.9 Å². The molecule has 2 aromatic rings. The van der Waals surface area contributed by atoms with Crippen molar-refractivity contribution in [3.05, 3.63) is 41.1 Å². The van der Waals surface area contributed by atoms with Crippen LogP contribution in [0.2, 0.25) is 0 Å². The van der Waals surface area contributed by atoms with Crippen LogP contribution >= 0.6 is 0 Å². The topological polar surface area (TPSA) is 50.2 Å². The van der Waals surface area contributed by atoms with E-state index in [4.69, 9.17) is 4.98 Å². The summed E-state index contributed by atoms with van der Waals surface area (Å²) in [5.41, 5.74) is 3.38. The van der Waals surface area contributed by atoms with E-state index in [1.54, 1.807) is 0 Å². The zero-order valence-corrected chi connectivity index (χ0v) is 12.8. The van der Waals surface area contributed by atoms with Crippen molar-refractivity contribution in [3.8, 4) is 0 Å². The minimum Gasteiger partial charge on any atom is -0.478 e. The van der Waals surface area contributed by atoms with E-state index in [-0.39, 0.29) is 5.41 Å². The molecule has 0 amide bonds. The van der Waals surface area contributed by atoms with Crippen LogP contribution in [-0.4, -0.2) is 16.1 Å². The molecule has 1 aromatic heterocycles. The van der Waals surface area contributed by atoms with Gasteiger partial charge in [-0.3, -0.25) is 4.98 Å². The van der Waals surface area contributed by atoms with Gasteiger partial charge in [0, 0.05) is 11.1 Å². The van der Waals surface area contributed by atoms with Crippen molar-refractivity contribution in [3.63, 3.8) is 0 Å². The third-order valence-corrected chi connectivity index (χ3v) is 4.70. The van der Waals surface area contributed by atoms with Gasteiger partial charge in [0.1, 0.15) is 0 Å². The summed E-state index contributed by atoms with van der Waals surface area (Å²) in [4.78, 5) is 16.5. The standard InChI is InChI=1S/C18H21NO2/c1-18(2,3)11-8-9-15-13(10-11)16(17(20)21)12-6-4-5-7-14(12)19-15/h4-7,11H,8-10H2,1-3H3,(H,20,21)/t11-/m1/s1. The number of hydrogen-bond acceptors (Lipinski definition) is 2. The van der Waals surface area contributed by atoms with Crippen LogP contribution < -0.4 is 0 Å². The van der Waals surface area contributed by atoms with Crippen molar-refractivity contribution in [1.29, 1.82) is 0 Å². The summed E-state index contributed by atoms with van der Waals surface area (Å²) in [5, 5.41) is 10.5. The number of hydrogen-bond donors (Lipinski definition) is 1. The lowest BCUT2D eigenvalue weighted by molar-refractivity contribution is 0.0696. The summed E-state index contributed by atoms with van der Waals surface area (Å²) in [6.45, 7) is 6.70. The highest BCUT2D eigenvalue weighted by atomic mass is 16.4. The highest BCUT2D eigenvalue weighted by molar-refractivity contribution is 6.04. The van der Waals surface area contributed by atoms with Crippen molar-refractivity contribution in [2.75, 3.05) is 0 Å². The molecule has 0 bridgehead atoms. The smallest absolute Gasteiger partial charge is 0.336 e. The lowest BCUT2D eigenvalue weighted by Gasteiger charge is -2.35. The summed E-state index contributed by atoms with van der Waals surface area (Å²) in [6.07, 6.45) is 2.78. The van der Waals surface area contributed by atoms with Gasteiger partial charge in [-0.1, -0.05) is 39.0 Å². The molecular weight excluding hydrogens is 262 g/mol. The van der Waals surface area contributed by atoms with Gasteiger partial charge in [0.25, 0.3) is 0 Å². The molecule has 0 saturated carbocycles. The van der Waals surface area contributed by atoms with E-state index >= 15 is 0 Å². The summed E-state index contributed by atoms with van der Waals surface area (Å²) < 4.78 is 0. The number of carbonyl (C=O) groups is 1. The Labute approximate surface area is 125 Å². The number of nitrogens with zero attached hydrogens (tertiary/aromatic N) is 1. The number of aromatic carboxylic acids is 1. The van der Waals surface area contributed by atoms with Crippen molar-refractivity contribution in [2.24, 2.45) is 11.3 Å². The van der Waals surface area contributed by atoms with Crippen LogP contribution in [0.1, 0.15) is 48.8 Å². The Morgan fingerprint density at radius 3 is 2.67 bits per heavy atom. The van der Waals surface area contributed by atoms with Crippen LogP contribution in [0.5, 0.6) is 0 Å². The van der Waals surface area contributed by atoms with E-state index in [1.165, 1.54) is 0 Å². The van der Waals surface area contributed by atoms with Gasteiger partial charge in [-0.05, 0) is 42.2 Å². The van der Waals surface area contributed by atoms with Gasteiger partial charge in [0.15, 0.2) is 0 Å². The largest absolute Gasteiger partial charge is 0.478 e. The number of rotatable bonds is 1. The lowest BCUT2D eigenvalue weighted by Crippen LogP contribution is -2.28. The van der Waals surface area contributed by atoms with Crippen LogP contribution in [0.4, 0.5) is 0 Å². The van der Waals surface area contributed by atoms with E-state index < -0.39 is 5.97 Å². The maximum atomic E-state index is 11.8. The number of carboxylic acid groups (broad SMARTS) is 1. The Hall–Kier alpha value is -1.90. The maximum Gasteiger partial charge on any atom is 0.336 e. The van der Waals surface area contributed by atoms with E-state index in [2.05, 4.69) is 20.8 Å². The number of benzene rings is 1. The van der Waals surface area contributed by atoms with E-state index in [0.29, 0.717) is 11.5 Å². The summed E-state index contributed by atoms with van der Waals surface area (Å²) in [7, 11) is 0. The molecule has 1 aliphatic rings. The molecule has 3 heteroatoms. The Bertz CT molecular complexity index is 713. The molecule has 0 spiro atoms. The quantitative estimate of drug-likeness (QED) is 0.857. The molecule has 0 unspecified atom stereocenters. The van der Waals surface area contributed by atoms with Gasteiger partial charge in [0.2, 0.25) is 0 Å². The minimum atomic E-state index is -0.834. The molecule has 3 nitrogen and oxygen atoms in total. The molecular formula is C18H21NO2. The number of aromatic nitrogens is 1. The van der Waals surface area contributed by atoms with Crippen LogP contribution in [0.3, 0.4) is 0 Å². The monoisotopic (exact) mass is 283 g/mol.